The number of nitrogens with one attached hydrogen (secondary N) is 1. The largest absolute Gasteiger partial charge is 0.475 e. The van der Waals surface area contributed by atoms with Gasteiger partial charge in [0.25, 0.3) is 0 Å². The second-order valence-corrected chi connectivity index (χ2v) is 10.1. The number of alkyl halides is 3. The fraction of sp³-hybridized carbons (Fsp3) is 0.345. The number of aromatic nitrogens is 3. The summed E-state index contributed by atoms with van der Waals surface area (Å²) in [5.74, 6) is -0.644. The minimum atomic E-state index is -4.42. The molecule has 0 spiro atoms. The molecule has 6 nitrogen and oxygen atoms in total. The molecule has 1 saturated carbocycles. The first kappa shape index (κ1) is 25.8. The van der Waals surface area contributed by atoms with E-state index < -0.39 is 17.7 Å². The van der Waals surface area contributed by atoms with E-state index in [-0.39, 0.29) is 18.4 Å². The van der Waals surface area contributed by atoms with Gasteiger partial charge in [0, 0.05) is 18.2 Å². The minimum absolute atomic E-state index is 0.0700. The summed E-state index contributed by atoms with van der Waals surface area (Å²) in [5.41, 5.74) is 4.65. The van der Waals surface area contributed by atoms with Crippen molar-refractivity contribution in [3.05, 3.63) is 76.6 Å². The number of hydrogen-bond donors (Lipinski definition) is 2. The number of aromatic carboxylic acids is 1. The number of hydrogen-bond acceptors (Lipinski definition) is 4. The summed E-state index contributed by atoms with van der Waals surface area (Å²) in [4.78, 5) is 20.8. The molecule has 4 aromatic rings. The third-order valence-corrected chi connectivity index (χ3v) is 7.46. The first-order chi connectivity index (χ1) is 18.0. The van der Waals surface area contributed by atoms with E-state index in [9.17, 15) is 23.1 Å². The molecule has 0 bridgehead atoms. The molecule has 1 aliphatic carbocycles. The summed E-state index contributed by atoms with van der Waals surface area (Å²) < 4.78 is 41.5. The van der Waals surface area contributed by atoms with Crippen molar-refractivity contribution in [2.75, 3.05) is 5.32 Å². The van der Waals surface area contributed by atoms with Crippen LogP contribution in [0.25, 0.3) is 22.3 Å². The highest BCUT2D eigenvalue weighted by molar-refractivity contribution is 5.98. The molecule has 5 rings (SSSR count). The highest BCUT2D eigenvalue weighted by atomic mass is 19.4. The molecule has 2 N–H and O–H groups in total. The third-order valence-electron chi connectivity index (χ3n) is 7.46. The lowest BCUT2D eigenvalue weighted by Gasteiger charge is -2.32. The fourth-order valence-electron chi connectivity index (χ4n) is 5.17. The molecule has 0 saturated heterocycles. The van der Waals surface area contributed by atoms with E-state index in [1.165, 1.54) is 12.1 Å². The number of carboxylic acid groups (broad SMARTS) is 1. The zero-order valence-electron chi connectivity index (χ0n) is 21.4. The average molecular weight is 523 g/mol. The van der Waals surface area contributed by atoms with E-state index in [1.807, 2.05) is 42.7 Å². The molecule has 1 fully saturated rings. The van der Waals surface area contributed by atoms with Crippen LogP contribution in [0.3, 0.4) is 0 Å². The van der Waals surface area contributed by atoms with Gasteiger partial charge in [-0.25, -0.2) is 14.8 Å². The Bertz CT molecular complexity index is 1510. The number of anilines is 1. The van der Waals surface area contributed by atoms with Gasteiger partial charge in [0.1, 0.15) is 5.52 Å². The van der Waals surface area contributed by atoms with Crippen LogP contribution in [0.2, 0.25) is 0 Å². The quantitative estimate of drug-likeness (QED) is 0.271. The molecule has 1 aliphatic rings. The van der Waals surface area contributed by atoms with Crippen molar-refractivity contribution in [2.45, 2.75) is 58.8 Å². The number of nitrogens with zero attached hydrogens (tertiary/aromatic N) is 3. The van der Waals surface area contributed by atoms with Crippen LogP contribution in [0.5, 0.6) is 0 Å². The summed E-state index contributed by atoms with van der Waals surface area (Å²) in [6, 6.07) is 13.1. The normalized spacial score (nSPS) is 14.9. The Morgan fingerprint density at radius 3 is 2.42 bits per heavy atom. The first-order valence-corrected chi connectivity index (χ1v) is 12.7. The van der Waals surface area contributed by atoms with Crippen LogP contribution in [0.4, 0.5) is 19.0 Å². The summed E-state index contributed by atoms with van der Waals surface area (Å²) in [7, 11) is 0. The summed E-state index contributed by atoms with van der Waals surface area (Å²) in [5, 5.41) is 13.2. The topological polar surface area (TPSA) is 80.0 Å². The van der Waals surface area contributed by atoms with Gasteiger partial charge in [-0.1, -0.05) is 42.3 Å². The Hall–Kier alpha value is -3.88. The van der Waals surface area contributed by atoms with E-state index in [2.05, 4.69) is 22.2 Å². The number of aryl methyl sites for hydroxylation is 2. The minimum Gasteiger partial charge on any atom is -0.475 e. The maximum Gasteiger partial charge on any atom is 0.416 e. The van der Waals surface area contributed by atoms with Crippen molar-refractivity contribution in [3.63, 3.8) is 0 Å². The number of carboxylic acids is 1. The monoisotopic (exact) mass is 522 g/mol. The van der Waals surface area contributed by atoms with E-state index in [4.69, 9.17) is 0 Å². The second-order valence-electron chi connectivity index (χ2n) is 10.1. The van der Waals surface area contributed by atoms with Crippen molar-refractivity contribution >= 4 is 22.8 Å². The lowest BCUT2D eigenvalue weighted by atomic mass is 9.80. The molecule has 1 unspecified atom stereocenters. The molecular formula is C29H29F3N4O2. The standard InChI is InChI=1S/C29H29F3N4O2/c1-16-6-4-9-21(14-16)24-17(2)23-25(36(24)15-19-10-12-22(13-11-19)29(30,31)32)26(35-27(34-23)28(37)38)33-18(3)20-7-5-8-20/h4,6,9-14,18,20H,5,7-8,15H2,1-3H3,(H,37,38)(H,33,34,35). The predicted octanol–water partition coefficient (Wildman–Crippen LogP) is 7.08. The molecule has 198 valence electrons. The van der Waals surface area contributed by atoms with E-state index >= 15 is 0 Å². The van der Waals surface area contributed by atoms with E-state index in [0.717, 1.165) is 53.8 Å². The molecule has 9 heteroatoms. The summed E-state index contributed by atoms with van der Waals surface area (Å²) >= 11 is 0. The van der Waals surface area contributed by atoms with Crippen molar-refractivity contribution in [1.82, 2.24) is 14.5 Å². The van der Waals surface area contributed by atoms with Gasteiger partial charge in [-0.05, 0) is 68.9 Å². The Morgan fingerprint density at radius 1 is 1.13 bits per heavy atom. The fourth-order valence-corrected chi connectivity index (χ4v) is 5.17. The van der Waals surface area contributed by atoms with Gasteiger partial charge >= 0.3 is 12.1 Å². The molecular weight excluding hydrogens is 493 g/mol. The van der Waals surface area contributed by atoms with Crippen LogP contribution in [0, 0.1) is 19.8 Å². The molecule has 0 radical (unpaired) electrons. The third kappa shape index (κ3) is 4.85. The molecule has 0 aliphatic heterocycles. The van der Waals surface area contributed by atoms with Gasteiger partial charge < -0.3 is 15.0 Å². The zero-order valence-corrected chi connectivity index (χ0v) is 21.4. The van der Waals surface area contributed by atoms with Gasteiger partial charge in [0.05, 0.1) is 16.8 Å². The molecule has 2 aromatic heterocycles. The van der Waals surface area contributed by atoms with Crippen LogP contribution in [-0.4, -0.2) is 31.7 Å². The van der Waals surface area contributed by atoms with E-state index in [0.29, 0.717) is 28.3 Å². The highest BCUT2D eigenvalue weighted by Gasteiger charge is 2.31. The Morgan fingerprint density at radius 2 is 1.84 bits per heavy atom. The van der Waals surface area contributed by atoms with Crippen LogP contribution in [-0.2, 0) is 12.7 Å². The highest BCUT2D eigenvalue weighted by Crippen LogP contribution is 2.38. The smallest absolute Gasteiger partial charge is 0.416 e. The summed E-state index contributed by atoms with van der Waals surface area (Å²) in [6.07, 6.45) is -1.07. The van der Waals surface area contributed by atoms with Crippen molar-refractivity contribution in [2.24, 2.45) is 5.92 Å². The SMILES string of the molecule is Cc1cccc(-c2c(C)c3nc(C(=O)O)nc(NC(C)C4CCC4)c3n2Cc2ccc(C(F)(F)F)cc2)c1. The maximum absolute atomic E-state index is 13.2. The number of benzene rings is 2. The number of fused-ring (bicyclic) bond motifs is 1. The first-order valence-electron chi connectivity index (χ1n) is 12.7. The predicted molar refractivity (Wildman–Crippen MR) is 140 cm³/mol. The van der Waals surface area contributed by atoms with Gasteiger partial charge in [-0.3, -0.25) is 0 Å². The van der Waals surface area contributed by atoms with Crippen LogP contribution < -0.4 is 5.32 Å². The van der Waals surface area contributed by atoms with Gasteiger partial charge in [-0.15, -0.1) is 0 Å². The van der Waals surface area contributed by atoms with Crippen molar-refractivity contribution in [1.29, 1.82) is 0 Å². The van der Waals surface area contributed by atoms with Gasteiger partial charge in [0.2, 0.25) is 5.82 Å². The molecule has 2 aromatic carbocycles. The lowest BCUT2D eigenvalue weighted by Crippen LogP contribution is -2.31. The van der Waals surface area contributed by atoms with Crippen molar-refractivity contribution < 1.29 is 23.1 Å². The van der Waals surface area contributed by atoms with Crippen molar-refractivity contribution in [3.8, 4) is 11.3 Å². The summed E-state index contributed by atoms with van der Waals surface area (Å²) in [6.45, 7) is 6.20. The van der Waals surface area contributed by atoms with Crippen LogP contribution >= 0.6 is 0 Å². The van der Waals surface area contributed by atoms with Crippen LogP contribution in [0.15, 0.2) is 48.5 Å². The maximum atomic E-state index is 13.2. The molecule has 38 heavy (non-hydrogen) atoms. The Kier molecular flexibility index (Phi) is 6.63. The van der Waals surface area contributed by atoms with Crippen LogP contribution in [0.1, 0.15) is 59.1 Å². The number of carbonyl (C=O) groups is 1. The average Bonchev–Trinajstić information content (AvgIpc) is 3.09. The Balaban J connectivity index is 1.73. The number of rotatable bonds is 7. The molecule has 0 amide bonds. The van der Waals surface area contributed by atoms with Gasteiger partial charge in [0.15, 0.2) is 5.82 Å². The second kappa shape index (κ2) is 9.78. The number of halogens is 3. The zero-order chi connectivity index (χ0) is 27.2. The molecule has 2 heterocycles. The van der Waals surface area contributed by atoms with E-state index in [1.54, 1.807) is 0 Å². The molecule has 1 atom stereocenters. The lowest BCUT2D eigenvalue weighted by molar-refractivity contribution is -0.137. The Labute approximate surface area is 218 Å². The van der Waals surface area contributed by atoms with Gasteiger partial charge in [-0.2, -0.15) is 13.2 Å².